The van der Waals surface area contributed by atoms with E-state index in [-0.39, 0.29) is 0 Å². The molecule has 0 saturated heterocycles. The highest BCUT2D eigenvalue weighted by atomic mass is 14.7. The van der Waals surface area contributed by atoms with E-state index < -0.39 is 0 Å². The molecule has 0 amide bonds. The minimum absolute atomic E-state index is 0.754. The summed E-state index contributed by atoms with van der Waals surface area (Å²) in [6.07, 6.45) is 8.54. The van der Waals surface area contributed by atoms with E-state index in [0.29, 0.717) is 0 Å². The van der Waals surface area contributed by atoms with E-state index >= 15 is 0 Å². The fourth-order valence-electron chi connectivity index (χ4n) is 11.4. The van der Waals surface area contributed by atoms with Gasteiger partial charge in [0.1, 0.15) is 0 Å². The molecule has 0 aliphatic carbocycles. The lowest BCUT2D eigenvalue weighted by molar-refractivity contribution is 1.17. The Hall–Kier alpha value is -10.4. The van der Waals surface area contributed by atoms with Crippen LogP contribution in [0.25, 0.3) is 101 Å². The van der Waals surface area contributed by atoms with E-state index in [2.05, 4.69) is 310 Å². The molecule has 0 unspecified atom stereocenters. The molecule has 3 nitrogen and oxygen atoms in total. The van der Waals surface area contributed by atoms with Crippen molar-refractivity contribution in [1.82, 2.24) is 15.0 Å². The van der Waals surface area contributed by atoms with Gasteiger partial charge in [0.15, 0.2) is 0 Å². The second-order valence-corrected chi connectivity index (χ2v) is 20.7. The average molecular weight is 1040 g/mol. The molecule has 0 N–H and O–H groups in total. The smallest absolute Gasteiger partial charge is 0.0705 e. The predicted molar refractivity (Wildman–Crippen MR) is 336 cm³/mol. The topological polar surface area (TPSA) is 38.7 Å². The van der Waals surface area contributed by atoms with Gasteiger partial charge in [0.2, 0.25) is 0 Å². The van der Waals surface area contributed by atoms with Gasteiger partial charge in [-0.1, -0.05) is 255 Å². The van der Waals surface area contributed by atoms with Gasteiger partial charge in [0.25, 0.3) is 0 Å². The van der Waals surface area contributed by atoms with E-state index in [4.69, 9.17) is 15.0 Å². The molecule has 13 aromatic rings. The summed E-state index contributed by atoms with van der Waals surface area (Å²) in [5.41, 5.74) is 26.9. The van der Waals surface area contributed by atoms with E-state index in [0.717, 1.165) is 120 Å². The number of hydrogen-bond acceptors (Lipinski definition) is 3. The number of hydrogen-bond donors (Lipinski definition) is 0. The number of nitrogens with zero attached hydrogens (tertiary/aromatic N) is 3. The second kappa shape index (κ2) is 23.3. The van der Waals surface area contributed by atoms with Crippen LogP contribution in [0.15, 0.2) is 310 Å². The van der Waals surface area contributed by atoms with Gasteiger partial charge in [-0.25, -0.2) is 0 Å². The molecular weight excluding hydrogens is 979 g/mol. The van der Waals surface area contributed by atoms with Crippen LogP contribution in [0.1, 0.15) is 33.4 Å². The lowest BCUT2D eigenvalue weighted by Crippen LogP contribution is -1.99. The molecular formula is C78H57N3. The first-order valence-corrected chi connectivity index (χ1v) is 27.8. The minimum Gasteiger partial charge on any atom is -0.256 e. The zero-order chi connectivity index (χ0) is 54.2. The monoisotopic (exact) mass is 1040 g/mol. The van der Waals surface area contributed by atoms with Gasteiger partial charge < -0.3 is 0 Å². The lowest BCUT2D eigenvalue weighted by Gasteiger charge is -2.20. The van der Waals surface area contributed by atoms with Crippen molar-refractivity contribution in [3.05, 3.63) is 343 Å². The maximum absolute atomic E-state index is 5.20. The zero-order valence-corrected chi connectivity index (χ0v) is 44.9. The highest BCUT2D eigenvalue weighted by molar-refractivity contribution is 5.95. The fourth-order valence-corrected chi connectivity index (χ4v) is 11.4. The summed E-state index contributed by atoms with van der Waals surface area (Å²) >= 11 is 0. The first-order chi connectivity index (χ1) is 40.1. The van der Waals surface area contributed by atoms with Crippen molar-refractivity contribution in [2.75, 3.05) is 0 Å². The number of benzene rings is 10. The van der Waals surface area contributed by atoms with Gasteiger partial charge in [0.05, 0.1) is 17.1 Å². The third kappa shape index (κ3) is 11.1. The molecule has 0 bridgehead atoms. The summed E-state index contributed by atoms with van der Waals surface area (Å²) < 4.78 is 0. The van der Waals surface area contributed by atoms with Crippen molar-refractivity contribution in [3.63, 3.8) is 0 Å². The Labute approximate surface area is 475 Å². The molecule has 81 heavy (non-hydrogen) atoms. The van der Waals surface area contributed by atoms with Crippen LogP contribution in [0.2, 0.25) is 0 Å². The third-order valence-corrected chi connectivity index (χ3v) is 15.4. The Morgan fingerprint density at radius 2 is 0.407 bits per heavy atom. The molecule has 0 radical (unpaired) electrons. The second-order valence-electron chi connectivity index (χ2n) is 20.7. The molecule has 384 valence electrons. The van der Waals surface area contributed by atoms with Crippen LogP contribution in [0.4, 0.5) is 0 Å². The lowest BCUT2D eigenvalue weighted by atomic mass is 9.84. The number of rotatable bonds is 15. The van der Waals surface area contributed by atoms with E-state index in [9.17, 15) is 0 Å². The molecule has 3 heteroatoms. The summed E-state index contributed by atoms with van der Waals surface area (Å²) in [6, 6.07) is 105. The van der Waals surface area contributed by atoms with Crippen molar-refractivity contribution in [3.8, 4) is 101 Å². The molecule has 3 aromatic heterocycles. The standard InChI is InChI=1S/C78H57N3/c1-7-25-55(26-8-1)43-61-49-76(58-31-13-4-14-32-58)79-52-73(61)70-40-22-19-37-67(70)64-46-65(68-38-20-23-41-71(68)74-53-80-77(59-33-15-5-16-34-59)50-62(74)44-56-27-9-2-10-28-56)48-66(47-64)69-39-21-24-42-72(69)75-54-81-78(60-35-17-6-18-36-60)51-63(75)45-57-29-11-3-12-30-57/h1-42,46-54H,43-45H2. The van der Waals surface area contributed by atoms with Gasteiger partial charge in [0, 0.05) is 52.0 Å². The van der Waals surface area contributed by atoms with Crippen LogP contribution in [-0.4, -0.2) is 15.0 Å². The van der Waals surface area contributed by atoms with Crippen molar-refractivity contribution in [2.45, 2.75) is 19.3 Å². The number of aromatic nitrogens is 3. The minimum atomic E-state index is 0.754. The fraction of sp³-hybridized carbons (Fsp3) is 0.0385. The Bertz CT molecular complexity index is 3820. The van der Waals surface area contributed by atoms with Gasteiger partial charge in [-0.3, -0.25) is 15.0 Å². The molecule has 0 fully saturated rings. The van der Waals surface area contributed by atoms with Crippen molar-refractivity contribution in [2.24, 2.45) is 0 Å². The molecule has 0 spiro atoms. The summed E-state index contributed by atoms with van der Waals surface area (Å²) in [6.45, 7) is 0. The highest BCUT2D eigenvalue weighted by Gasteiger charge is 2.21. The first-order valence-electron chi connectivity index (χ1n) is 27.8. The van der Waals surface area contributed by atoms with Gasteiger partial charge in [-0.05, 0) is 139 Å². The molecule has 13 rings (SSSR count). The SMILES string of the molecule is c1ccc(Cc2cc(-c3ccccc3)ncc2-c2ccccc2-c2cc(-c3ccccc3-c3cnc(-c4ccccc4)cc3Cc3ccccc3)cc(-c3ccccc3-c3cnc(-c4ccccc4)cc3Cc3ccccc3)c2)cc1. The van der Waals surface area contributed by atoms with Crippen LogP contribution in [-0.2, 0) is 19.3 Å². The van der Waals surface area contributed by atoms with Crippen LogP contribution in [0.3, 0.4) is 0 Å². The molecule has 0 atom stereocenters. The normalized spacial score (nSPS) is 11.1. The van der Waals surface area contributed by atoms with Crippen LogP contribution in [0, 0.1) is 0 Å². The van der Waals surface area contributed by atoms with E-state index in [1.165, 1.54) is 33.4 Å². The highest BCUT2D eigenvalue weighted by Crippen LogP contribution is 2.45. The third-order valence-electron chi connectivity index (χ3n) is 15.4. The van der Waals surface area contributed by atoms with Crippen LogP contribution >= 0.6 is 0 Å². The largest absolute Gasteiger partial charge is 0.256 e. The average Bonchev–Trinajstić information content (AvgIpc) is 3.74. The summed E-state index contributed by atoms with van der Waals surface area (Å²) in [7, 11) is 0. The van der Waals surface area contributed by atoms with Gasteiger partial charge in [-0.15, -0.1) is 0 Å². The maximum atomic E-state index is 5.20. The maximum Gasteiger partial charge on any atom is 0.0705 e. The van der Waals surface area contributed by atoms with Crippen molar-refractivity contribution >= 4 is 0 Å². The Kier molecular flexibility index (Phi) is 14.4. The molecule has 0 aliphatic rings. The first kappa shape index (κ1) is 50.2. The van der Waals surface area contributed by atoms with E-state index in [1.807, 2.05) is 0 Å². The number of pyridine rings is 3. The van der Waals surface area contributed by atoms with Crippen LogP contribution in [0.5, 0.6) is 0 Å². The Morgan fingerprint density at radius 1 is 0.185 bits per heavy atom. The molecule has 10 aromatic carbocycles. The Balaban J connectivity index is 1.02. The molecule has 0 aliphatic heterocycles. The van der Waals surface area contributed by atoms with Gasteiger partial charge >= 0.3 is 0 Å². The van der Waals surface area contributed by atoms with Crippen molar-refractivity contribution in [1.29, 1.82) is 0 Å². The predicted octanol–water partition coefficient (Wildman–Crippen LogP) is 19.6. The molecule has 3 heterocycles. The molecule has 0 saturated carbocycles. The van der Waals surface area contributed by atoms with E-state index in [1.54, 1.807) is 0 Å². The summed E-state index contributed by atoms with van der Waals surface area (Å²) in [5.74, 6) is 0. The van der Waals surface area contributed by atoms with Gasteiger partial charge in [-0.2, -0.15) is 0 Å². The zero-order valence-electron chi connectivity index (χ0n) is 44.9. The quantitative estimate of drug-likeness (QED) is 0.103. The summed E-state index contributed by atoms with van der Waals surface area (Å²) in [5, 5.41) is 0. The van der Waals surface area contributed by atoms with Crippen molar-refractivity contribution < 1.29 is 0 Å². The Morgan fingerprint density at radius 3 is 0.667 bits per heavy atom. The summed E-state index contributed by atoms with van der Waals surface area (Å²) in [4.78, 5) is 15.6. The van der Waals surface area contributed by atoms with Crippen LogP contribution < -0.4 is 0 Å².